The number of hydrogen-bond donors (Lipinski definition) is 1. The molecule has 1 heterocycles. The van der Waals surface area contributed by atoms with Crippen LogP contribution in [0.25, 0.3) is 0 Å². The van der Waals surface area contributed by atoms with E-state index in [0.717, 1.165) is 25.7 Å². The number of methoxy groups -OCH3 is 1. The van der Waals surface area contributed by atoms with E-state index in [4.69, 9.17) is 9.47 Å². The second-order valence-electron chi connectivity index (χ2n) is 7.77. The van der Waals surface area contributed by atoms with Gasteiger partial charge in [0.2, 0.25) is 10.0 Å². The number of benzene rings is 2. The Morgan fingerprint density at radius 3 is 2.39 bits per heavy atom. The van der Waals surface area contributed by atoms with Gasteiger partial charge in [-0.05, 0) is 55.7 Å². The average molecular weight is 479 g/mol. The summed E-state index contributed by atoms with van der Waals surface area (Å²) in [7, 11) is -2.52. The maximum atomic E-state index is 13.6. The number of anilines is 1. The van der Waals surface area contributed by atoms with E-state index in [9.17, 15) is 22.4 Å². The van der Waals surface area contributed by atoms with Gasteiger partial charge in [0.1, 0.15) is 16.5 Å². The molecule has 0 unspecified atom stereocenters. The zero-order valence-corrected chi connectivity index (χ0v) is 19.4. The molecule has 10 heteroatoms. The summed E-state index contributed by atoms with van der Waals surface area (Å²) in [5.74, 6) is -1.87. The number of aryl methyl sites for hydroxylation is 1. The van der Waals surface area contributed by atoms with Crippen molar-refractivity contribution in [3.8, 4) is 5.75 Å². The molecule has 0 aromatic heterocycles. The number of amides is 1. The fourth-order valence-corrected chi connectivity index (χ4v) is 5.21. The van der Waals surface area contributed by atoms with Crippen LogP contribution in [0, 0.1) is 12.7 Å². The molecule has 0 aliphatic carbocycles. The highest BCUT2D eigenvalue weighted by Crippen LogP contribution is 2.29. The minimum absolute atomic E-state index is 0.0293. The van der Waals surface area contributed by atoms with Gasteiger partial charge in [0.15, 0.2) is 6.61 Å². The Bertz CT molecular complexity index is 1130. The molecule has 1 N–H and O–H groups in total. The van der Waals surface area contributed by atoms with Crippen LogP contribution in [0.5, 0.6) is 5.75 Å². The Hall–Kier alpha value is -2.98. The zero-order chi connectivity index (χ0) is 24.0. The number of carbonyl (C=O) groups is 2. The third-order valence-electron chi connectivity index (χ3n) is 5.37. The van der Waals surface area contributed by atoms with Crippen LogP contribution in [0.1, 0.15) is 41.6 Å². The largest absolute Gasteiger partial charge is 0.495 e. The van der Waals surface area contributed by atoms with Crippen LogP contribution in [-0.2, 0) is 19.6 Å². The normalized spacial score (nSPS) is 14.9. The van der Waals surface area contributed by atoms with E-state index in [1.165, 1.54) is 47.8 Å². The van der Waals surface area contributed by atoms with Gasteiger partial charge in [0, 0.05) is 18.8 Å². The predicted molar refractivity (Wildman–Crippen MR) is 120 cm³/mol. The lowest BCUT2D eigenvalue weighted by Gasteiger charge is -2.21. The number of hydrogen-bond acceptors (Lipinski definition) is 6. The Kier molecular flexibility index (Phi) is 8.04. The van der Waals surface area contributed by atoms with Crippen LogP contribution in [0.15, 0.2) is 41.3 Å². The van der Waals surface area contributed by atoms with E-state index in [2.05, 4.69) is 5.32 Å². The molecular formula is C23H27FN2O6S. The molecule has 1 saturated heterocycles. The summed E-state index contributed by atoms with van der Waals surface area (Å²) in [6.45, 7) is 1.79. The molecule has 2 aromatic rings. The smallest absolute Gasteiger partial charge is 0.338 e. The SMILES string of the molecule is COc1ccc(C(=O)OCC(=O)Nc2ccc(C)c(F)c2)cc1S(=O)(=O)N1CCCCCC1. The molecular weight excluding hydrogens is 451 g/mol. The Labute approximate surface area is 192 Å². The summed E-state index contributed by atoms with van der Waals surface area (Å²) in [6.07, 6.45) is 3.46. The van der Waals surface area contributed by atoms with Crippen LogP contribution >= 0.6 is 0 Å². The van der Waals surface area contributed by atoms with Gasteiger partial charge in [-0.25, -0.2) is 17.6 Å². The zero-order valence-electron chi connectivity index (χ0n) is 18.6. The molecule has 178 valence electrons. The second kappa shape index (κ2) is 10.8. The Morgan fingerprint density at radius 1 is 1.06 bits per heavy atom. The average Bonchev–Trinajstić information content (AvgIpc) is 3.10. The van der Waals surface area contributed by atoms with Crippen LogP contribution in [0.2, 0.25) is 0 Å². The molecule has 1 aliphatic rings. The van der Waals surface area contributed by atoms with Gasteiger partial charge in [0.05, 0.1) is 12.7 Å². The van der Waals surface area contributed by atoms with Gasteiger partial charge < -0.3 is 14.8 Å². The van der Waals surface area contributed by atoms with Crippen LogP contribution in [-0.4, -0.2) is 51.4 Å². The first-order valence-electron chi connectivity index (χ1n) is 10.6. The molecule has 0 radical (unpaired) electrons. The first-order valence-corrected chi connectivity index (χ1v) is 12.1. The van der Waals surface area contributed by atoms with Crippen molar-refractivity contribution in [3.63, 3.8) is 0 Å². The van der Waals surface area contributed by atoms with Crippen molar-refractivity contribution in [2.75, 3.05) is 32.1 Å². The standard InChI is InChI=1S/C23H27FN2O6S/c1-16-7-9-18(14-19(16)24)25-22(27)15-32-23(28)17-8-10-20(31-2)21(13-17)33(29,30)26-11-5-3-4-6-12-26/h7-10,13-14H,3-6,11-12,15H2,1-2H3,(H,25,27). The van der Waals surface area contributed by atoms with Gasteiger partial charge in [0.25, 0.3) is 5.91 Å². The molecule has 0 bridgehead atoms. The number of nitrogens with one attached hydrogen (secondary N) is 1. The van der Waals surface area contributed by atoms with Gasteiger partial charge in [-0.3, -0.25) is 4.79 Å². The van der Waals surface area contributed by atoms with Crippen molar-refractivity contribution in [1.29, 1.82) is 0 Å². The monoisotopic (exact) mass is 478 g/mol. The highest BCUT2D eigenvalue weighted by atomic mass is 32.2. The molecule has 3 rings (SSSR count). The van der Waals surface area contributed by atoms with Crippen LogP contribution in [0.4, 0.5) is 10.1 Å². The molecule has 1 aliphatic heterocycles. The molecule has 2 aromatic carbocycles. The molecule has 33 heavy (non-hydrogen) atoms. The fourth-order valence-electron chi connectivity index (χ4n) is 3.51. The predicted octanol–water partition coefficient (Wildman–Crippen LogP) is 3.50. The molecule has 8 nitrogen and oxygen atoms in total. The minimum Gasteiger partial charge on any atom is -0.495 e. The summed E-state index contributed by atoms with van der Waals surface area (Å²) < 4.78 is 51.7. The maximum absolute atomic E-state index is 13.6. The Balaban J connectivity index is 1.71. The summed E-state index contributed by atoms with van der Waals surface area (Å²) in [5.41, 5.74) is 0.637. The van der Waals surface area contributed by atoms with E-state index in [-0.39, 0.29) is 21.9 Å². The van der Waals surface area contributed by atoms with Gasteiger partial charge in [-0.2, -0.15) is 4.31 Å². The number of esters is 1. The Morgan fingerprint density at radius 2 is 1.76 bits per heavy atom. The van der Waals surface area contributed by atoms with Gasteiger partial charge >= 0.3 is 5.97 Å². The van der Waals surface area contributed by atoms with Crippen molar-refractivity contribution in [3.05, 3.63) is 53.3 Å². The first kappa shape index (κ1) is 24.7. The molecule has 1 amide bonds. The molecule has 0 saturated carbocycles. The van der Waals surface area contributed by atoms with Crippen molar-refractivity contribution in [1.82, 2.24) is 4.31 Å². The van der Waals surface area contributed by atoms with E-state index in [1.54, 1.807) is 6.92 Å². The lowest BCUT2D eigenvalue weighted by molar-refractivity contribution is -0.119. The van der Waals surface area contributed by atoms with E-state index in [0.29, 0.717) is 18.7 Å². The quantitative estimate of drug-likeness (QED) is 0.611. The summed E-state index contributed by atoms with van der Waals surface area (Å²) in [4.78, 5) is 24.5. The topological polar surface area (TPSA) is 102 Å². The van der Waals surface area contributed by atoms with E-state index < -0.39 is 34.3 Å². The van der Waals surface area contributed by atoms with Gasteiger partial charge in [-0.15, -0.1) is 0 Å². The van der Waals surface area contributed by atoms with Crippen LogP contribution in [0.3, 0.4) is 0 Å². The number of ether oxygens (including phenoxy) is 2. The number of sulfonamides is 1. The number of halogens is 1. The second-order valence-corrected chi connectivity index (χ2v) is 9.68. The summed E-state index contributed by atoms with van der Waals surface area (Å²) in [6, 6.07) is 8.17. The van der Waals surface area contributed by atoms with E-state index >= 15 is 0 Å². The van der Waals surface area contributed by atoms with Gasteiger partial charge in [-0.1, -0.05) is 18.9 Å². The van der Waals surface area contributed by atoms with Crippen molar-refractivity contribution in [2.24, 2.45) is 0 Å². The summed E-state index contributed by atoms with van der Waals surface area (Å²) in [5, 5.41) is 2.44. The molecule has 1 fully saturated rings. The van der Waals surface area contributed by atoms with Crippen molar-refractivity contribution in [2.45, 2.75) is 37.5 Å². The minimum atomic E-state index is -3.88. The fraction of sp³-hybridized carbons (Fsp3) is 0.391. The molecule has 0 spiro atoms. The molecule has 0 atom stereocenters. The highest BCUT2D eigenvalue weighted by molar-refractivity contribution is 7.89. The number of nitrogens with zero attached hydrogens (tertiary/aromatic N) is 1. The number of rotatable bonds is 7. The lowest BCUT2D eigenvalue weighted by atomic mass is 10.2. The third-order valence-corrected chi connectivity index (χ3v) is 7.29. The third kappa shape index (κ3) is 6.08. The van der Waals surface area contributed by atoms with Crippen LogP contribution < -0.4 is 10.1 Å². The van der Waals surface area contributed by atoms with E-state index in [1.807, 2.05) is 0 Å². The number of carbonyl (C=O) groups excluding carboxylic acids is 2. The first-order chi connectivity index (χ1) is 15.7. The van der Waals surface area contributed by atoms with Crippen molar-refractivity contribution >= 4 is 27.6 Å². The summed E-state index contributed by atoms with van der Waals surface area (Å²) >= 11 is 0. The lowest BCUT2D eigenvalue weighted by Crippen LogP contribution is -2.32. The highest BCUT2D eigenvalue weighted by Gasteiger charge is 2.29. The van der Waals surface area contributed by atoms with Crippen molar-refractivity contribution < 1.29 is 31.9 Å². The maximum Gasteiger partial charge on any atom is 0.338 e.